The number of nitrogens with one attached hydrogen (secondary N) is 1. The van der Waals surface area contributed by atoms with Gasteiger partial charge in [-0.2, -0.15) is 0 Å². The summed E-state index contributed by atoms with van der Waals surface area (Å²) >= 11 is 0. The summed E-state index contributed by atoms with van der Waals surface area (Å²) in [6.45, 7) is 17.4. The fourth-order valence-corrected chi connectivity index (χ4v) is 12.1. The Bertz CT molecular complexity index is 1240. The highest BCUT2D eigenvalue weighted by atomic mass is 16.5. The Hall–Kier alpha value is -2.16. The van der Waals surface area contributed by atoms with Crippen LogP contribution in [0.25, 0.3) is 0 Å². The molecule has 0 saturated carbocycles. The van der Waals surface area contributed by atoms with E-state index in [4.69, 9.17) is 14.2 Å². The lowest BCUT2D eigenvalue weighted by Gasteiger charge is -2.35. The molecule has 0 spiro atoms. The molecule has 1 aliphatic rings. The van der Waals surface area contributed by atoms with Gasteiger partial charge in [0.05, 0.1) is 19.8 Å². The van der Waals surface area contributed by atoms with E-state index in [-0.39, 0.29) is 62.3 Å². The van der Waals surface area contributed by atoms with Crippen LogP contribution in [0.5, 0.6) is 0 Å². The second kappa shape index (κ2) is 54.1. The molecule has 78 heavy (non-hydrogen) atoms. The number of unbranched alkanes of at least 4 members (excludes halogenated alkanes) is 24. The van der Waals surface area contributed by atoms with Gasteiger partial charge in [0, 0.05) is 37.8 Å². The second-order valence-electron chi connectivity index (χ2n) is 24.8. The summed E-state index contributed by atoms with van der Waals surface area (Å²) in [5, 5.41) is 3.39. The van der Waals surface area contributed by atoms with Crippen LogP contribution in [-0.2, 0) is 33.4 Å². The molecule has 1 N–H and O–H groups in total. The highest BCUT2D eigenvalue weighted by Crippen LogP contribution is 2.30. The number of hydrogen-bond acceptors (Lipinski definition) is 8. The maximum Gasteiger partial charge on any atom is 0.305 e. The molecular formula is C69H132N2O7. The minimum atomic E-state index is -0.977. The molecule has 3 unspecified atom stereocenters. The van der Waals surface area contributed by atoms with E-state index < -0.39 is 5.54 Å². The summed E-state index contributed by atoms with van der Waals surface area (Å²) in [5.74, 6) is 0.725. The van der Waals surface area contributed by atoms with E-state index in [9.17, 15) is 19.2 Å². The first kappa shape index (κ1) is 73.9. The van der Waals surface area contributed by atoms with Crippen LogP contribution in [0.1, 0.15) is 356 Å². The topological polar surface area (TPSA) is 111 Å². The van der Waals surface area contributed by atoms with E-state index >= 15 is 0 Å². The molecular weight excluding hydrogens is 969 g/mol. The molecule has 1 rings (SSSR count). The van der Waals surface area contributed by atoms with Crippen molar-refractivity contribution < 1.29 is 33.4 Å². The molecule has 460 valence electrons. The zero-order chi connectivity index (χ0) is 56.8. The van der Waals surface area contributed by atoms with Crippen molar-refractivity contribution in [2.75, 3.05) is 39.5 Å². The van der Waals surface area contributed by atoms with Gasteiger partial charge >= 0.3 is 17.9 Å². The lowest BCUT2D eigenvalue weighted by atomic mass is 9.83. The number of nitrogens with zero attached hydrogens (tertiary/aromatic N) is 1. The molecule has 0 aromatic heterocycles. The van der Waals surface area contributed by atoms with E-state index in [0.717, 1.165) is 45.2 Å². The van der Waals surface area contributed by atoms with Crippen molar-refractivity contribution in [3.63, 3.8) is 0 Å². The fraction of sp³-hybridized carbons (Fsp3) is 0.942. The third-order valence-electron chi connectivity index (χ3n) is 17.6. The van der Waals surface area contributed by atoms with E-state index in [1.54, 1.807) is 0 Å². The summed E-state index contributed by atoms with van der Waals surface area (Å²) in [5.41, 5.74) is -0.977. The Kier molecular flexibility index (Phi) is 51.2. The van der Waals surface area contributed by atoms with Gasteiger partial charge in [0.15, 0.2) is 0 Å². The van der Waals surface area contributed by atoms with Gasteiger partial charge in [-0.15, -0.1) is 0 Å². The summed E-state index contributed by atoms with van der Waals surface area (Å²) < 4.78 is 18.1. The number of likely N-dealkylation sites (tertiary alicyclic amines) is 1. The molecule has 0 radical (unpaired) electrons. The SMILES string of the molecule is CCCCCCCCC(CCCCCC)CCOC(=O)CCC(CCC(=O)OCCC(CCCCCC)CCCCCCCC)(CCC(=O)OCCC(CCCCCC)CCCCCCCC)NC(=O)CCN1CCCCC1. The molecule has 9 nitrogen and oxygen atoms in total. The Morgan fingerprint density at radius 2 is 0.628 bits per heavy atom. The normalized spacial score (nSPS) is 14.9. The van der Waals surface area contributed by atoms with Crippen molar-refractivity contribution in [1.82, 2.24) is 10.2 Å². The molecule has 0 aliphatic carbocycles. The molecule has 3 atom stereocenters. The van der Waals surface area contributed by atoms with Gasteiger partial charge in [0.1, 0.15) is 0 Å². The van der Waals surface area contributed by atoms with Crippen LogP contribution in [0.4, 0.5) is 0 Å². The number of esters is 3. The number of hydrogen-bond donors (Lipinski definition) is 1. The van der Waals surface area contributed by atoms with Gasteiger partial charge in [-0.1, -0.05) is 279 Å². The lowest BCUT2D eigenvalue weighted by Crippen LogP contribution is -2.50. The van der Waals surface area contributed by atoms with Crippen molar-refractivity contribution in [2.24, 2.45) is 17.8 Å². The van der Waals surface area contributed by atoms with Crippen molar-refractivity contribution in [1.29, 1.82) is 0 Å². The summed E-state index contributed by atoms with van der Waals surface area (Å²) in [7, 11) is 0. The standard InChI is InChI=1S/C69H132N2O7/c1-7-13-19-25-28-35-43-62(40-32-22-16-10-4)50-59-76-66(73)46-53-69(70-65(72)49-58-71-56-38-31-39-57-71,54-47-67(74)77-60-51-63(41-33-23-17-11-5)44-36-29-26-20-14-8-2)55-48-68(75)78-61-52-64(42-34-24-18-12-6)45-37-30-27-21-15-9-3/h62-64H,7-61H2,1-6H3,(H,70,72). The number of ether oxygens (including phenoxy) is 3. The highest BCUT2D eigenvalue weighted by molar-refractivity contribution is 5.78. The minimum absolute atomic E-state index is 0.0995. The summed E-state index contributed by atoms with van der Waals surface area (Å²) in [6, 6.07) is 0. The predicted molar refractivity (Wildman–Crippen MR) is 331 cm³/mol. The zero-order valence-electron chi connectivity index (χ0n) is 52.9. The lowest BCUT2D eigenvalue weighted by molar-refractivity contribution is -0.145. The average Bonchev–Trinajstić information content (AvgIpc) is 3.44. The first-order valence-electron chi connectivity index (χ1n) is 34.6. The van der Waals surface area contributed by atoms with Crippen LogP contribution in [0, 0.1) is 17.8 Å². The van der Waals surface area contributed by atoms with Crippen molar-refractivity contribution in [3.05, 3.63) is 0 Å². The third-order valence-corrected chi connectivity index (χ3v) is 17.6. The maximum absolute atomic E-state index is 14.2. The predicted octanol–water partition coefficient (Wildman–Crippen LogP) is 19.9. The fourth-order valence-electron chi connectivity index (χ4n) is 12.1. The Labute approximate surface area is 484 Å². The van der Waals surface area contributed by atoms with Crippen LogP contribution in [0.15, 0.2) is 0 Å². The van der Waals surface area contributed by atoms with E-state index in [2.05, 4.69) is 51.8 Å². The van der Waals surface area contributed by atoms with Gasteiger partial charge in [0.2, 0.25) is 5.91 Å². The molecule has 1 fully saturated rings. The first-order valence-corrected chi connectivity index (χ1v) is 34.6. The summed E-state index contributed by atoms with van der Waals surface area (Å²) in [6.07, 6.45) is 52.8. The van der Waals surface area contributed by atoms with Crippen LogP contribution < -0.4 is 5.32 Å². The molecule has 1 aliphatic heterocycles. The van der Waals surface area contributed by atoms with Crippen LogP contribution in [-0.4, -0.2) is 73.7 Å². The third kappa shape index (κ3) is 44.5. The molecule has 1 amide bonds. The van der Waals surface area contributed by atoms with Crippen molar-refractivity contribution in [3.8, 4) is 0 Å². The smallest absolute Gasteiger partial charge is 0.305 e. The van der Waals surface area contributed by atoms with Gasteiger partial charge in [-0.3, -0.25) is 19.2 Å². The van der Waals surface area contributed by atoms with Crippen LogP contribution in [0.2, 0.25) is 0 Å². The van der Waals surface area contributed by atoms with Crippen molar-refractivity contribution >= 4 is 23.8 Å². The number of carbonyl (C=O) groups excluding carboxylic acids is 4. The van der Waals surface area contributed by atoms with Gasteiger partial charge < -0.3 is 24.4 Å². The van der Waals surface area contributed by atoms with E-state index in [1.165, 1.54) is 238 Å². The maximum atomic E-state index is 14.2. The minimum Gasteiger partial charge on any atom is -0.466 e. The van der Waals surface area contributed by atoms with Gasteiger partial charge in [-0.05, 0) is 82.2 Å². The monoisotopic (exact) mass is 1100 g/mol. The van der Waals surface area contributed by atoms with Crippen LogP contribution in [0.3, 0.4) is 0 Å². The largest absolute Gasteiger partial charge is 0.466 e. The summed E-state index contributed by atoms with van der Waals surface area (Å²) in [4.78, 5) is 58.0. The van der Waals surface area contributed by atoms with Crippen molar-refractivity contribution in [2.45, 2.75) is 362 Å². The molecule has 1 heterocycles. The molecule has 0 bridgehead atoms. The van der Waals surface area contributed by atoms with Crippen LogP contribution >= 0.6 is 0 Å². The van der Waals surface area contributed by atoms with E-state index in [1.807, 2.05) is 0 Å². The zero-order valence-corrected chi connectivity index (χ0v) is 52.9. The number of piperidine rings is 1. The van der Waals surface area contributed by atoms with Gasteiger partial charge in [-0.25, -0.2) is 0 Å². The van der Waals surface area contributed by atoms with Gasteiger partial charge in [0.25, 0.3) is 0 Å². The Balaban J connectivity index is 3.28. The second-order valence-corrected chi connectivity index (χ2v) is 24.8. The quantitative estimate of drug-likeness (QED) is 0.0364. The number of amides is 1. The number of carbonyl (C=O) groups is 4. The Morgan fingerprint density at radius 1 is 0.359 bits per heavy atom. The molecule has 0 aromatic carbocycles. The molecule has 1 saturated heterocycles. The molecule has 0 aromatic rings. The Morgan fingerprint density at radius 3 is 0.923 bits per heavy atom. The highest BCUT2D eigenvalue weighted by Gasteiger charge is 2.35. The first-order chi connectivity index (χ1) is 38.1. The average molecular weight is 1100 g/mol. The van der Waals surface area contributed by atoms with E-state index in [0.29, 0.717) is 50.5 Å². The molecule has 9 heteroatoms. The number of rotatable bonds is 58.